The molecule has 15 heavy (non-hydrogen) atoms. The number of rotatable bonds is 3. The Morgan fingerprint density at radius 1 is 0.933 bits per heavy atom. The van der Waals surface area contributed by atoms with Crippen molar-refractivity contribution in [2.75, 3.05) is 13.2 Å². The van der Waals surface area contributed by atoms with E-state index in [0.29, 0.717) is 18.1 Å². The lowest BCUT2D eigenvalue weighted by molar-refractivity contribution is -0.0967. The second kappa shape index (κ2) is 5.86. The third kappa shape index (κ3) is 2.94. The molecule has 0 saturated carbocycles. The standard InChI is InChI=1S/C13H24O2/c1-2-11(12-7-3-5-9-14-12)13-8-4-6-10-15-13/h11-13H,2-10H2,1H3. The van der Waals surface area contributed by atoms with Gasteiger partial charge in [-0.3, -0.25) is 0 Å². The molecule has 2 heteroatoms. The van der Waals surface area contributed by atoms with E-state index in [9.17, 15) is 0 Å². The first-order valence-corrected chi connectivity index (χ1v) is 6.65. The van der Waals surface area contributed by atoms with E-state index in [4.69, 9.17) is 9.47 Å². The van der Waals surface area contributed by atoms with E-state index in [-0.39, 0.29) is 0 Å². The molecule has 0 amide bonds. The Bertz CT molecular complexity index is 151. The highest BCUT2D eigenvalue weighted by atomic mass is 16.5. The number of hydrogen-bond donors (Lipinski definition) is 0. The summed E-state index contributed by atoms with van der Waals surface area (Å²) in [5.74, 6) is 0.644. The fourth-order valence-corrected chi connectivity index (χ4v) is 2.97. The molecule has 2 heterocycles. The minimum absolute atomic E-state index is 0.479. The summed E-state index contributed by atoms with van der Waals surface area (Å²) in [6.45, 7) is 4.21. The summed E-state index contributed by atoms with van der Waals surface area (Å²) in [6, 6.07) is 0. The summed E-state index contributed by atoms with van der Waals surface area (Å²) in [5.41, 5.74) is 0. The second-order valence-corrected chi connectivity index (χ2v) is 4.88. The van der Waals surface area contributed by atoms with Crippen LogP contribution in [0.3, 0.4) is 0 Å². The summed E-state index contributed by atoms with van der Waals surface area (Å²) >= 11 is 0. The molecule has 2 saturated heterocycles. The van der Waals surface area contributed by atoms with Crippen LogP contribution >= 0.6 is 0 Å². The molecule has 0 N–H and O–H groups in total. The molecule has 0 aromatic rings. The van der Waals surface area contributed by atoms with Crippen molar-refractivity contribution in [3.8, 4) is 0 Å². The quantitative estimate of drug-likeness (QED) is 0.715. The molecular formula is C13H24O2. The van der Waals surface area contributed by atoms with Gasteiger partial charge >= 0.3 is 0 Å². The van der Waals surface area contributed by atoms with E-state index in [1.807, 2.05) is 0 Å². The summed E-state index contributed by atoms with van der Waals surface area (Å²) in [6.07, 6.45) is 9.84. The van der Waals surface area contributed by atoms with Crippen LogP contribution in [0, 0.1) is 5.92 Å². The fraction of sp³-hybridized carbons (Fsp3) is 1.00. The summed E-state index contributed by atoms with van der Waals surface area (Å²) in [7, 11) is 0. The second-order valence-electron chi connectivity index (χ2n) is 4.88. The fourth-order valence-electron chi connectivity index (χ4n) is 2.97. The predicted molar refractivity (Wildman–Crippen MR) is 61.0 cm³/mol. The average molecular weight is 212 g/mol. The lowest BCUT2D eigenvalue weighted by Gasteiger charge is -2.36. The van der Waals surface area contributed by atoms with Crippen LogP contribution in [0.2, 0.25) is 0 Å². The Morgan fingerprint density at radius 3 is 1.80 bits per heavy atom. The van der Waals surface area contributed by atoms with Gasteiger partial charge in [0, 0.05) is 19.1 Å². The van der Waals surface area contributed by atoms with Gasteiger partial charge in [-0.1, -0.05) is 6.92 Å². The van der Waals surface area contributed by atoms with Crippen molar-refractivity contribution in [2.45, 2.75) is 64.1 Å². The Kier molecular flexibility index (Phi) is 4.45. The van der Waals surface area contributed by atoms with Crippen molar-refractivity contribution in [3.63, 3.8) is 0 Å². The molecule has 2 atom stereocenters. The monoisotopic (exact) mass is 212 g/mol. The van der Waals surface area contributed by atoms with Crippen LogP contribution in [-0.2, 0) is 9.47 Å². The third-order valence-corrected chi connectivity index (χ3v) is 3.86. The predicted octanol–water partition coefficient (Wildman–Crippen LogP) is 3.15. The Hall–Kier alpha value is -0.0800. The van der Waals surface area contributed by atoms with Crippen molar-refractivity contribution in [1.82, 2.24) is 0 Å². The minimum atomic E-state index is 0.479. The molecule has 0 aromatic heterocycles. The molecule has 2 unspecified atom stereocenters. The molecule has 0 spiro atoms. The van der Waals surface area contributed by atoms with E-state index < -0.39 is 0 Å². The maximum Gasteiger partial charge on any atom is 0.0627 e. The number of hydrogen-bond acceptors (Lipinski definition) is 2. The largest absolute Gasteiger partial charge is 0.378 e. The van der Waals surface area contributed by atoms with Crippen LogP contribution < -0.4 is 0 Å². The van der Waals surface area contributed by atoms with Crippen molar-refractivity contribution in [1.29, 1.82) is 0 Å². The zero-order valence-corrected chi connectivity index (χ0v) is 9.91. The molecule has 2 aliphatic rings. The Balaban J connectivity index is 1.88. The van der Waals surface area contributed by atoms with Crippen LogP contribution in [0.1, 0.15) is 51.9 Å². The van der Waals surface area contributed by atoms with Crippen molar-refractivity contribution in [2.24, 2.45) is 5.92 Å². The van der Waals surface area contributed by atoms with E-state index in [0.717, 1.165) is 13.2 Å². The molecule has 2 fully saturated rings. The van der Waals surface area contributed by atoms with Crippen LogP contribution in [0.4, 0.5) is 0 Å². The Labute approximate surface area is 93.3 Å². The van der Waals surface area contributed by atoms with Gasteiger partial charge in [0.1, 0.15) is 0 Å². The summed E-state index contributed by atoms with van der Waals surface area (Å²) < 4.78 is 11.8. The summed E-state index contributed by atoms with van der Waals surface area (Å²) in [5, 5.41) is 0. The van der Waals surface area contributed by atoms with Gasteiger partial charge in [0.15, 0.2) is 0 Å². The molecule has 0 aromatic carbocycles. The highest BCUT2D eigenvalue weighted by molar-refractivity contribution is 4.81. The summed E-state index contributed by atoms with van der Waals surface area (Å²) in [4.78, 5) is 0. The smallest absolute Gasteiger partial charge is 0.0627 e. The molecule has 2 aliphatic heterocycles. The zero-order chi connectivity index (χ0) is 10.5. The van der Waals surface area contributed by atoms with Gasteiger partial charge in [-0.25, -0.2) is 0 Å². The van der Waals surface area contributed by atoms with E-state index in [2.05, 4.69) is 6.92 Å². The van der Waals surface area contributed by atoms with Gasteiger partial charge in [0.25, 0.3) is 0 Å². The first-order chi connectivity index (χ1) is 7.42. The maximum atomic E-state index is 5.90. The lowest BCUT2D eigenvalue weighted by atomic mass is 9.85. The minimum Gasteiger partial charge on any atom is -0.378 e. The average Bonchev–Trinajstić information content (AvgIpc) is 2.33. The van der Waals surface area contributed by atoms with Crippen LogP contribution in [0.5, 0.6) is 0 Å². The normalized spacial score (nSPS) is 35.0. The lowest BCUT2D eigenvalue weighted by Crippen LogP contribution is -2.38. The molecule has 2 rings (SSSR count). The number of ether oxygens (including phenoxy) is 2. The zero-order valence-electron chi connectivity index (χ0n) is 9.91. The van der Waals surface area contributed by atoms with Crippen LogP contribution in [-0.4, -0.2) is 25.4 Å². The molecular weight excluding hydrogens is 188 g/mol. The topological polar surface area (TPSA) is 18.5 Å². The molecule has 88 valence electrons. The van der Waals surface area contributed by atoms with Gasteiger partial charge in [-0.05, 0) is 44.9 Å². The third-order valence-electron chi connectivity index (χ3n) is 3.86. The first-order valence-electron chi connectivity index (χ1n) is 6.65. The highest BCUT2D eigenvalue weighted by Gasteiger charge is 2.31. The molecule has 0 aliphatic carbocycles. The van der Waals surface area contributed by atoms with Gasteiger partial charge in [-0.2, -0.15) is 0 Å². The molecule has 0 bridgehead atoms. The maximum absolute atomic E-state index is 5.90. The van der Waals surface area contributed by atoms with E-state index in [1.54, 1.807) is 0 Å². The van der Waals surface area contributed by atoms with Crippen LogP contribution in [0.25, 0.3) is 0 Å². The highest BCUT2D eigenvalue weighted by Crippen LogP contribution is 2.30. The van der Waals surface area contributed by atoms with Crippen molar-refractivity contribution >= 4 is 0 Å². The van der Waals surface area contributed by atoms with E-state index >= 15 is 0 Å². The van der Waals surface area contributed by atoms with Crippen LogP contribution in [0.15, 0.2) is 0 Å². The van der Waals surface area contributed by atoms with Crippen molar-refractivity contribution < 1.29 is 9.47 Å². The first kappa shape index (κ1) is 11.4. The SMILES string of the molecule is CCC(C1CCCCO1)C1CCCCO1. The molecule has 2 nitrogen and oxygen atoms in total. The van der Waals surface area contributed by atoms with E-state index in [1.165, 1.54) is 44.9 Å². The van der Waals surface area contributed by atoms with Gasteiger partial charge in [0.2, 0.25) is 0 Å². The molecule has 0 radical (unpaired) electrons. The van der Waals surface area contributed by atoms with Gasteiger partial charge in [0.05, 0.1) is 12.2 Å². The van der Waals surface area contributed by atoms with Gasteiger partial charge in [-0.15, -0.1) is 0 Å². The van der Waals surface area contributed by atoms with Gasteiger partial charge < -0.3 is 9.47 Å². The Morgan fingerprint density at radius 2 is 1.47 bits per heavy atom. The van der Waals surface area contributed by atoms with Crippen molar-refractivity contribution in [3.05, 3.63) is 0 Å².